The number of piperidine rings is 1. The molecule has 3 rings (SSSR count). The lowest BCUT2D eigenvalue weighted by Crippen LogP contribution is -2.53. The Balaban J connectivity index is 1.88. The van der Waals surface area contributed by atoms with Gasteiger partial charge in [-0.1, -0.05) is 18.2 Å². The van der Waals surface area contributed by atoms with Crippen LogP contribution in [0.1, 0.15) is 57.6 Å². The third-order valence-corrected chi connectivity index (χ3v) is 4.80. The summed E-state index contributed by atoms with van der Waals surface area (Å²) >= 11 is 0. The second-order valence-corrected chi connectivity index (χ2v) is 8.01. The van der Waals surface area contributed by atoms with Crippen molar-refractivity contribution >= 4 is 11.7 Å². The fourth-order valence-electron chi connectivity index (χ4n) is 3.74. The molecule has 2 heterocycles. The zero-order valence-electron chi connectivity index (χ0n) is 15.3. The Hall–Kier alpha value is -1.98. The molecule has 0 radical (unpaired) electrons. The van der Waals surface area contributed by atoms with Crippen LogP contribution in [0.3, 0.4) is 0 Å². The van der Waals surface area contributed by atoms with Crippen molar-refractivity contribution in [2.24, 2.45) is 0 Å². The Morgan fingerprint density at radius 2 is 1.92 bits per heavy atom. The molecular formula is C20H24F3NO2. The van der Waals surface area contributed by atoms with Gasteiger partial charge in [0.25, 0.3) is 0 Å². The highest BCUT2D eigenvalue weighted by atomic mass is 19.4. The molecule has 3 nitrogen and oxygen atoms in total. The van der Waals surface area contributed by atoms with Crippen LogP contribution < -0.4 is 0 Å². The van der Waals surface area contributed by atoms with Crippen LogP contribution in [0, 0.1) is 0 Å². The van der Waals surface area contributed by atoms with Gasteiger partial charge < -0.3 is 4.74 Å². The van der Waals surface area contributed by atoms with E-state index >= 15 is 0 Å². The van der Waals surface area contributed by atoms with Gasteiger partial charge in [0, 0.05) is 6.04 Å². The molecule has 1 amide bonds. The summed E-state index contributed by atoms with van der Waals surface area (Å²) in [5.41, 5.74) is 0.248. The van der Waals surface area contributed by atoms with Crippen LogP contribution in [-0.2, 0) is 10.9 Å². The third-order valence-electron chi connectivity index (χ3n) is 4.80. The number of alkyl halides is 3. The molecule has 2 bridgehead atoms. The molecule has 1 aromatic rings. The van der Waals surface area contributed by atoms with E-state index in [9.17, 15) is 18.0 Å². The van der Waals surface area contributed by atoms with Gasteiger partial charge in [0.1, 0.15) is 5.60 Å². The number of hydrogen-bond acceptors (Lipinski definition) is 2. The van der Waals surface area contributed by atoms with Crippen LogP contribution in [0.25, 0.3) is 5.57 Å². The van der Waals surface area contributed by atoms with Crippen molar-refractivity contribution in [2.45, 2.75) is 70.3 Å². The number of carbonyl (C=O) groups is 1. The van der Waals surface area contributed by atoms with E-state index in [1.807, 2.05) is 26.8 Å². The largest absolute Gasteiger partial charge is 0.444 e. The maximum Gasteiger partial charge on any atom is 0.416 e. The predicted molar refractivity (Wildman–Crippen MR) is 93.5 cm³/mol. The minimum absolute atomic E-state index is 0.0295. The second kappa shape index (κ2) is 6.63. The molecule has 2 unspecified atom stereocenters. The first-order chi connectivity index (χ1) is 12.0. The summed E-state index contributed by atoms with van der Waals surface area (Å²) in [6, 6.07) is 5.28. The van der Waals surface area contributed by atoms with Gasteiger partial charge in [0.2, 0.25) is 0 Å². The van der Waals surface area contributed by atoms with Gasteiger partial charge in [0.05, 0.1) is 11.6 Å². The van der Waals surface area contributed by atoms with Crippen molar-refractivity contribution in [3.05, 3.63) is 41.5 Å². The Kier molecular flexibility index (Phi) is 4.80. The van der Waals surface area contributed by atoms with Gasteiger partial charge in [0.15, 0.2) is 0 Å². The monoisotopic (exact) mass is 367 g/mol. The summed E-state index contributed by atoms with van der Waals surface area (Å²) in [6.45, 7) is 5.48. The fourth-order valence-corrected chi connectivity index (χ4v) is 3.74. The molecule has 0 spiro atoms. The van der Waals surface area contributed by atoms with Crippen LogP contribution in [0.5, 0.6) is 0 Å². The van der Waals surface area contributed by atoms with Gasteiger partial charge in [-0.15, -0.1) is 0 Å². The fraction of sp³-hybridized carbons (Fsp3) is 0.550. The average molecular weight is 367 g/mol. The summed E-state index contributed by atoms with van der Waals surface area (Å²) in [6.07, 6.45) is 0.438. The summed E-state index contributed by atoms with van der Waals surface area (Å²) in [7, 11) is 0. The van der Waals surface area contributed by atoms with Crippen molar-refractivity contribution in [3.8, 4) is 0 Å². The molecule has 0 aliphatic carbocycles. The highest BCUT2D eigenvalue weighted by Crippen LogP contribution is 2.39. The van der Waals surface area contributed by atoms with E-state index in [0.717, 1.165) is 30.9 Å². The number of benzene rings is 1. The quantitative estimate of drug-likeness (QED) is 0.642. The van der Waals surface area contributed by atoms with Gasteiger partial charge in [-0.05, 0) is 69.7 Å². The third kappa shape index (κ3) is 4.05. The molecule has 0 N–H and O–H groups in total. The zero-order chi connectivity index (χ0) is 19.1. The lowest BCUT2D eigenvalue weighted by atomic mass is 9.83. The molecule has 2 aliphatic rings. The number of rotatable bonds is 1. The second-order valence-electron chi connectivity index (χ2n) is 8.01. The van der Waals surface area contributed by atoms with E-state index < -0.39 is 17.3 Å². The molecule has 142 valence electrons. The minimum Gasteiger partial charge on any atom is -0.444 e. The van der Waals surface area contributed by atoms with Crippen molar-refractivity contribution in [1.29, 1.82) is 0 Å². The van der Waals surface area contributed by atoms with Gasteiger partial charge in [-0.3, -0.25) is 4.90 Å². The highest BCUT2D eigenvalue weighted by Gasteiger charge is 2.39. The first-order valence-electron chi connectivity index (χ1n) is 8.94. The minimum atomic E-state index is -4.36. The number of halogens is 3. The Labute approximate surface area is 151 Å². The van der Waals surface area contributed by atoms with E-state index in [-0.39, 0.29) is 18.2 Å². The van der Waals surface area contributed by atoms with E-state index in [4.69, 9.17) is 4.74 Å². The summed E-state index contributed by atoms with van der Waals surface area (Å²) in [4.78, 5) is 14.4. The van der Waals surface area contributed by atoms with E-state index in [0.29, 0.717) is 12.0 Å². The zero-order valence-corrected chi connectivity index (χ0v) is 15.3. The van der Waals surface area contributed by atoms with Crippen molar-refractivity contribution in [2.75, 3.05) is 0 Å². The van der Waals surface area contributed by atoms with E-state index in [1.54, 1.807) is 11.0 Å². The molecule has 2 atom stereocenters. The number of amides is 1. The van der Waals surface area contributed by atoms with E-state index in [2.05, 4.69) is 0 Å². The highest BCUT2D eigenvalue weighted by molar-refractivity contribution is 5.75. The predicted octanol–water partition coefficient (Wildman–Crippen LogP) is 5.65. The first kappa shape index (κ1) is 18.8. The number of ether oxygens (including phenoxy) is 1. The van der Waals surface area contributed by atoms with Crippen LogP contribution in [0.4, 0.5) is 18.0 Å². The van der Waals surface area contributed by atoms with Crippen LogP contribution >= 0.6 is 0 Å². The molecule has 0 saturated carbocycles. The molecule has 1 aromatic carbocycles. The van der Waals surface area contributed by atoms with Gasteiger partial charge >= 0.3 is 12.3 Å². The summed E-state index contributed by atoms with van der Waals surface area (Å²) in [5.74, 6) is 0. The van der Waals surface area contributed by atoms with E-state index in [1.165, 1.54) is 12.1 Å². The number of carbonyl (C=O) groups excluding carboxylic acids is 1. The summed E-state index contributed by atoms with van der Waals surface area (Å²) in [5, 5.41) is 0. The molecule has 2 aliphatic heterocycles. The van der Waals surface area contributed by atoms with Crippen LogP contribution in [0.2, 0.25) is 0 Å². The van der Waals surface area contributed by atoms with Crippen LogP contribution in [-0.4, -0.2) is 28.7 Å². The van der Waals surface area contributed by atoms with Gasteiger partial charge in [-0.25, -0.2) is 4.79 Å². The van der Waals surface area contributed by atoms with Crippen LogP contribution in [0.15, 0.2) is 30.3 Å². The molecular weight excluding hydrogens is 343 g/mol. The standard InChI is InChI=1S/C20H24F3NO2/c1-19(2,3)26-18(25)24-16-8-5-9-17(24)12-14(11-16)13-6-4-7-15(10-13)20(21,22)23/h4,6-7,10-11,16-17H,5,8-9,12H2,1-3H3. The van der Waals surface area contributed by atoms with Crippen molar-refractivity contribution in [3.63, 3.8) is 0 Å². The molecule has 26 heavy (non-hydrogen) atoms. The lowest BCUT2D eigenvalue weighted by molar-refractivity contribution is -0.137. The summed E-state index contributed by atoms with van der Waals surface area (Å²) < 4.78 is 44.5. The number of hydrogen-bond donors (Lipinski definition) is 0. The topological polar surface area (TPSA) is 29.5 Å². The molecule has 1 saturated heterocycles. The maximum absolute atomic E-state index is 13.0. The number of fused-ring (bicyclic) bond motifs is 2. The van der Waals surface area contributed by atoms with Crippen molar-refractivity contribution in [1.82, 2.24) is 4.90 Å². The SMILES string of the molecule is CC(C)(C)OC(=O)N1C2C=C(c3cccc(C(F)(F)F)c3)CC1CCC2. The molecule has 0 aromatic heterocycles. The number of nitrogens with zero attached hydrogens (tertiary/aromatic N) is 1. The molecule has 1 fully saturated rings. The smallest absolute Gasteiger partial charge is 0.416 e. The Bertz CT molecular complexity index is 719. The van der Waals surface area contributed by atoms with Gasteiger partial charge in [-0.2, -0.15) is 13.2 Å². The lowest BCUT2D eigenvalue weighted by Gasteiger charge is -2.45. The Morgan fingerprint density at radius 1 is 1.19 bits per heavy atom. The first-order valence-corrected chi connectivity index (χ1v) is 8.94. The normalized spacial score (nSPS) is 23.5. The van der Waals surface area contributed by atoms with Crippen molar-refractivity contribution < 1.29 is 22.7 Å². The average Bonchev–Trinajstić information content (AvgIpc) is 2.51. The molecule has 6 heteroatoms. The maximum atomic E-state index is 13.0. The Morgan fingerprint density at radius 3 is 2.54 bits per heavy atom.